The molecule has 0 fully saturated rings. The summed E-state index contributed by atoms with van der Waals surface area (Å²) in [5.74, 6) is -1.80. The van der Waals surface area contributed by atoms with E-state index in [1.165, 1.54) is 0 Å². The van der Waals surface area contributed by atoms with Crippen molar-refractivity contribution in [2.75, 3.05) is 0 Å². The highest BCUT2D eigenvalue weighted by atomic mass is 35.5. The third-order valence-electron chi connectivity index (χ3n) is 3.37. The number of hydrogen-bond donors (Lipinski definition) is 1. The molecule has 0 aliphatic rings. The summed E-state index contributed by atoms with van der Waals surface area (Å²) < 4.78 is 15.8. The van der Waals surface area contributed by atoms with Crippen LogP contribution in [0.25, 0.3) is 16.9 Å². The lowest BCUT2D eigenvalue weighted by Gasteiger charge is -2.01. The van der Waals surface area contributed by atoms with E-state index in [1.54, 1.807) is 48.5 Å². The molecule has 0 spiro atoms. The van der Waals surface area contributed by atoms with E-state index in [1.807, 2.05) is 6.07 Å². The third-order valence-corrected chi connectivity index (χ3v) is 3.62. The van der Waals surface area contributed by atoms with E-state index in [9.17, 15) is 9.18 Å². The quantitative estimate of drug-likeness (QED) is 0.787. The zero-order valence-electron chi connectivity index (χ0n) is 11.9. The Kier molecular flexibility index (Phi) is 4.12. The van der Waals surface area contributed by atoms with E-state index in [4.69, 9.17) is 16.7 Å². The Labute approximate surface area is 136 Å². The highest BCUT2D eigenvalue weighted by Crippen LogP contribution is 2.28. The first kappa shape index (κ1) is 15.2. The van der Waals surface area contributed by atoms with Gasteiger partial charge in [-0.15, -0.1) is 0 Å². The number of halogens is 2. The van der Waals surface area contributed by atoms with Gasteiger partial charge in [0.15, 0.2) is 0 Å². The van der Waals surface area contributed by atoms with Crippen LogP contribution in [-0.2, 0) is 11.2 Å². The summed E-state index contributed by atoms with van der Waals surface area (Å²) in [6, 6.07) is 15.4. The molecule has 0 saturated carbocycles. The normalized spacial score (nSPS) is 10.7. The highest BCUT2D eigenvalue weighted by molar-refractivity contribution is 6.30. The van der Waals surface area contributed by atoms with Gasteiger partial charge in [-0.3, -0.25) is 4.79 Å². The van der Waals surface area contributed by atoms with E-state index in [0.717, 1.165) is 4.68 Å². The zero-order valence-corrected chi connectivity index (χ0v) is 12.7. The lowest BCUT2D eigenvalue weighted by Crippen LogP contribution is -2.04. The number of hydrogen-bond acceptors (Lipinski definition) is 2. The second-order valence-corrected chi connectivity index (χ2v) is 5.38. The molecule has 0 unspecified atom stereocenters. The fourth-order valence-corrected chi connectivity index (χ4v) is 2.44. The van der Waals surface area contributed by atoms with Crippen LogP contribution in [0.3, 0.4) is 0 Å². The van der Waals surface area contributed by atoms with Crippen molar-refractivity contribution >= 4 is 17.6 Å². The molecule has 0 saturated heterocycles. The van der Waals surface area contributed by atoms with Crippen LogP contribution in [0.4, 0.5) is 4.39 Å². The van der Waals surface area contributed by atoms with Crippen molar-refractivity contribution in [2.45, 2.75) is 6.42 Å². The van der Waals surface area contributed by atoms with Crippen LogP contribution in [0.2, 0.25) is 5.02 Å². The summed E-state index contributed by atoms with van der Waals surface area (Å²) in [4.78, 5) is 11.1. The molecule has 23 heavy (non-hydrogen) atoms. The van der Waals surface area contributed by atoms with Gasteiger partial charge in [-0.25, -0.2) is 4.68 Å². The second-order valence-electron chi connectivity index (χ2n) is 4.94. The van der Waals surface area contributed by atoms with Gasteiger partial charge in [0.1, 0.15) is 0 Å². The number of para-hydroxylation sites is 1. The van der Waals surface area contributed by atoms with Crippen LogP contribution >= 0.6 is 11.6 Å². The fraction of sp³-hybridized carbons (Fsp3) is 0.0588. The largest absolute Gasteiger partial charge is 0.481 e. The molecule has 2 aromatic carbocycles. The number of nitrogens with zero attached hydrogens (tertiary/aromatic N) is 2. The van der Waals surface area contributed by atoms with Crippen LogP contribution in [0.15, 0.2) is 54.6 Å². The van der Waals surface area contributed by atoms with Crippen LogP contribution in [0.5, 0.6) is 0 Å². The fourth-order valence-electron chi connectivity index (χ4n) is 2.32. The Balaban J connectivity index is 2.17. The molecular weight excluding hydrogens is 319 g/mol. The van der Waals surface area contributed by atoms with Gasteiger partial charge in [0.25, 0.3) is 0 Å². The van der Waals surface area contributed by atoms with Crippen molar-refractivity contribution in [1.29, 1.82) is 0 Å². The van der Waals surface area contributed by atoms with Crippen molar-refractivity contribution in [3.8, 4) is 16.9 Å². The van der Waals surface area contributed by atoms with Crippen LogP contribution in [0.1, 0.15) is 5.56 Å². The van der Waals surface area contributed by atoms with E-state index >= 15 is 0 Å². The van der Waals surface area contributed by atoms with Crippen molar-refractivity contribution < 1.29 is 14.3 Å². The van der Waals surface area contributed by atoms with Gasteiger partial charge in [-0.1, -0.05) is 41.9 Å². The molecule has 0 amide bonds. The molecule has 116 valence electrons. The number of aliphatic carboxylic acids is 1. The van der Waals surface area contributed by atoms with Gasteiger partial charge in [0.2, 0.25) is 5.95 Å². The summed E-state index contributed by atoms with van der Waals surface area (Å²) in [6.45, 7) is 0. The highest BCUT2D eigenvalue weighted by Gasteiger charge is 2.22. The van der Waals surface area contributed by atoms with E-state index in [2.05, 4.69) is 5.10 Å². The first-order chi connectivity index (χ1) is 11.1. The molecule has 4 nitrogen and oxygen atoms in total. The minimum atomic E-state index is -1.12. The second kappa shape index (κ2) is 6.22. The lowest BCUT2D eigenvalue weighted by atomic mass is 10.1. The maximum Gasteiger partial charge on any atom is 0.308 e. The Morgan fingerprint density at radius 1 is 1.13 bits per heavy atom. The number of benzene rings is 2. The van der Waals surface area contributed by atoms with Crippen LogP contribution in [0, 0.1) is 5.95 Å². The summed E-state index contributed by atoms with van der Waals surface area (Å²) in [7, 11) is 0. The molecule has 1 N–H and O–H groups in total. The molecule has 0 bridgehead atoms. The number of carbonyl (C=O) groups is 1. The van der Waals surface area contributed by atoms with Gasteiger partial charge in [0, 0.05) is 16.1 Å². The van der Waals surface area contributed by atoms with Crippen molar-refractivity contribution in [3.05, 3.63) is 71.1 Å². The molecule has 1 aromatic heterocycles. The zero-order chi connectivity index (χ0) is 16.4. The van der Waals surface area contributed by atoms with Crippen LogP contribution in [-0.4, -0.2) is 20.9 Å². The minimum Gasteiger partial charge on any atom is -0.481 e. The summed E-state index contributed by atoms with van der Waals surface area (Å²) in [5, 5.41) is 13.9. The van der Waals surface area contributed by atoms with Gasteiger partial charge in [0.05, 0.1) is 17.8 Å². The standard InChI is InChI=1S/C17H12ClFN2O2/c18-12-8-6-11(7-9-12)16-14(10-15(22)23)17(19)21(20-16)13-4-2-1-3-5-13/h1-9H,10H2,(H,22,23). The van der Waals surface area contributed by atoms with Gasteiger partial charge in [-0.2, -0.15) is 9.49 Å². The first-order valence-corrected chi connectivity index (χ1v) is 7.24. The summed E-state index contributed by atoms with van der Waals surface area (Å²) in [5.41, 5.74) is 1.48. The number of carboxylic acid groups (broad SMARTS) is 1. The molecule has 0 radical (unpaired) electrons. The molecule has 0 atom stereocenters. The number of aromatic nitrogens is 2. The maximum absolute atomic E-state index is 14.7. The molecule has 6 heteroatoms. The Bertz CT molecular complexity index is 845. The van der Waals surface area contributed by atoms with Crippen molar-refractivity contribution in [2.24, 2.45) is 0 Å². The number of rotatable bonds is 4. The third kappa shape index (κ3) is 3.10. The maximum atomic E-state index is 14.7. The smallest absolute Gasteiger partial charge is 0.308 e. The molecule has 1 heterocycles. The average molecular weight is 331 g/mol. The van der Waals surface area contributed by atoms with Gasteiger partial charge in [-0.05, 0) is 24.3 Å². The molecular formula is C17H12ClFN2O2. The Morgan fingerprint density at radius 3 is 2.39 bits per heavy atom. The minimum absolute atomic E-state index is 0.0451. The van der Waals surface area contributed by atoms with Crippen molar-refractivity contribution in [1.82, 2.24) is 9.78 Å². The number of carboxylic acids is 1. The first-order valence-electron chi connectivity index (χ1n) is 6.87. The van der Waals surface area contributed by atoms with Gasteiger partial charge >= 0.3 is 5.97 Å². The predicted octanol–water partition coefficient (Wildman–Crippen LogP) is 3.96. The molecule has 0 aliphatic heterocycles. The summed E-state index contributed by atoms with van der Waals surface area (Å²) >= 11 is 5.86. The predicted molar refractivity (Wildman–Crippen MR) is 85.3 cm³/mol. The lowest BCUT2D eigenvalue weighted by molar-refractivity contribution is -0.136. The van der Waals surface area contributed by atoms with E-state index in [0.29, 0.717) is 22.0 Å². The van der Waals surface area contributed by atoms with Crippen LogP contribution < -0.4 is 0 Å². The molecule has 3 aromatic rings. The van der Waals surface area contributed by atoms with E-state index in [-0.39, 0.29) is 5.56 Å². The van der Waals surface area contributed by atoms with Crippen molar-refractivity contribution in [3.63, 3.8) is 0 Å². The molecule has 0 aliphatic carbocycles. The monoisotopic (exact) mass is 330 g/mol. The van der Waals surface area contributed by atoms with Gasteiger partial charge < -0.3 is 5.11 Å². The average Bonchev–Trinajstić information content (AvgIpc) is 2.86. The Morgan fingerprint density at radius 2 is 1.78 bits per heavy atom. The molecule has 3 rings (SSSR count). The Hall–Kier alpha value is -2.66. The topological polar surface area (TPSA) is 55.1 Å². The SMILES string of the molecule is O=C(O)Cc1c(-c2ccc(Cl)cc2)nn(-c2ccccc2)c1F. The van der Waals surface area contributed by atoms with E-state index < -0.39 is 18.3 Å². The summed E-state index contributed by atoms with van der Waals surface area (Å²) in [6.07, 6.45) is -0.448.